The fourth-order valence-corrected chi connectivity index (χ4v) is 6.44. The number of carbonyl (C=O) groups excluding carboxylic acids is 2. The van der Waals surface area contributed by atoms with Gasteiger partial charge in [-0.25, -0.2) is 14.8 Å². The number of ether oxygens (including phenoxy) is 4. The minimum atomic E-state index is -1.31. The predicted octanol–water partition coefficient (Wildman–Crippen LogP) is 6.65. The highest BCUT2D eigenvalue weighted by Crippen LogP contribution is 2.39. The van der Waals surface area contributed by atoms with Crippen molar-refractivity contribution < 1.29 is 28.5 Å². The Bertz CT molecular complexity index is 1580. The number of aromatic nitrogens is 3. The average Bonchev–Trinajstić information content (AvgIpc) is 3.79. The van der Waals surface area contributed by atoms with Gasteiger partial charge in [-0.15, -0.1) is 0 Å². The number of methoxy groups -OCH3 is 1. The van der Waals surface area contributed by atoms with Crippen LogP contribution in [-0.2, 0) is 16.2 Å². The minimum Gasteiger partial charge on any atom is -0.497 e. The molecule has 1 aliphatic heterocycles. The number of fused-ring (bicyclic) bond motifs is 1. The number of hydrogen-bond donors (Lipinski definition) is 1. The summed E-state index contributed by atoms with van der Waals surface area (Å²) < 4.78 is 25.7. The van der Waals surface area contributed by atoms with Crippen LogP contribution >= 0.6 is 0 Å². The van der Waals surface area contributed by atoms with Crippen molar-refractivity contribution in [2.24, 2.45) is 5.92 Å². The van der Waals surface area contributed by atoms with Crippen molar-refractivity contribution >= 4 is 31.1 Å². The molecule has 2 aromatic heterocycles. The molecule has 11 nitrogen and oxygen atoms in total. The Labute approximate surface area is 279 Å². The van der Waals surface area contributed by atoms with E-state index in [1.807, 2.05) is 50.5 Å². The number of benzene rings is 1. The molecule has 0 radical (unpaired) electrons. The molecule has 1 saturated carbocycles. The van der Waals surface area contributed by atoms with Crippen molar-refractivity contribution in [2.75, 3.05) is 33.4 Å². The normalized spacial score (nSPS) is 16.0. The molecular weight excluding hydrogens is 615 g/mol. The molecule has 1 N–H and O–H groups in total. The zero-order valence-corrected chi connectivity index (χ0v) is 30.3. The van der Waals surface area contributed by atoms with E-state index in [0.29, 0.717) is 78.9 Å². The van der Waals surface area contributed by atoms with Gasteiger partial charge in [0.15, 0.2) is 0 Å². The van der Waals surface area contributed by atoms with Crippen molar-refractivity contribution in [1.82, 2.24) is 24.8 Å². The Morgan fingerprint density at radius 1 is 1.06 bits per heavy atom. The summed E-state index contributed by atoms with van der Waals surface area (Å²) in [4.78, 5) is 37.8. The molecule has 1 aromatic carbocycles. The van der Waals surface area contributed by atoms with Crippen molar-refractivity contribution in [3.8, 4) is 22.8 Å². The highest BCUT2D eigenvalue weighted by Gasteiger charge is 2.31. The Kier molecular flexibility index (Phi) is 10.5. The first kappa shape index (κ1) is 34.7. The number of rotatable bonds is 12. The van der Waals surface area contributed by atoms with Gasteiger partial charge in [-0.1, -0.05) is 19.6 Å². The topological polar surface area (TPSA) is 117 Å². The molecular formula is C35H51N5O6Si. The molecule has 2 fully saturated rings. The smallest absolute Gasteiger partial charge is 0.410 e. The molecule has 1 saturated heterocycles. The summed E-state index contributed by atoms with van der Waals surface area (Å²) in [7, 11) is 0.333. The van der Waals surface area contributed by atoms with Crippen LogP contribution in [0.2, 0.25) is 25.7 Å². The number of carbonyl (C=O) groups is 2. The predicted molar refractivity (Wildman–Crippen MR) is 185 cm³/mol. The summed E-state index contributed by atoms with van der Waals surface area (Å²) in [5.74, 6) is 1.77. The molecule has 0 spiro atoms. The van der Waals surface area contributed by atoms with Crippen LogP contribution in [0.3, 0.4) is 0 Å². The summed E-state index contributed by atoms with van der Waals surface area (Å²) in [6.45, 7) is 17.0. The maximum atomic E-state index is 14.1. The van der Waals surface area contributed by atoms with Gasteiger partial charge in [-0.05, 0) is 83.5 Å². The standard InChI is InChI=1S/C35H51N5O6Si/c1-23-29(33(41)38-25-13-15-39(16-14-25)34(42)46-35(2,3)4)31-32(40(23)22-44-17-18-47(6,7)8)30(36-21-37-31)27-19-26(43-5)11-12-28(27)45-20-24-9-10-24/h11-12,19,21,24-25H,9-10,13-18,20,22H2,1-8H3,(H,38,41). The zero-order chi connectivity index (χ0) is 33.9. The zero-order valence-electron chi connectivity index (χ0n) is 29.3. The van der Waals surface area contributed by atoms with Crippen molar-refractivity contribution in [2.45, 2.75) is 97.4 Å². The number of amides is 2. The second kappa shape index (κ2) is 14.2. The van der Waals surface area contributed by atoms with E-state index in [4.69, 9.17) is 23.9 Å². The lowest BCUT2D eigenvalue weighted by Gasteiger charge is -2.33. The molecule has 47 heavy (non-hydrogen) atoms. The lowest BCUT2D eigenvalue weighted by atomic mass is 10.0. The quantitative estimate of drug-likeness (QED) is 0.169. The Morgan fingerprint density at radius 3 is 2.43 bits per heavy atom. The van der Waals surface area contributed by atoms with Crippen molar-refractivity contribution in [1.29, 1.82) is 0 Å². The molecule has 3 heterocycles. The van der Waals surface area contributed by atoms with Gasteiger partial charge in [0.25, 0.3) is 5.91 Å². The summed E-state index contributed by atoms with van der Waals surface area (Å²) in [5, 5.41) is 3.23. The average molecular weight is 666 g/mol. The van der Waals surface area contributed by atoms with Gasteiger partial charge >= 0.3 is 6.09 Å². The monoisotopic (exact) mass is 665 g/mol. The first-order chi connectivity index (χ1) is 22.2. The van der Waals surface area contributed by atoms with Gasteiger partial charge < -0.3 is 33.7 Å². The number of piperidine rings is 1. The van der Waals surface area contributed by atoms with Crippen LogP contribution in [0.4, 0.5) is 4.79 Å². The van der Waals surface area contributed by atoms with Crippen molar-refractivity contribution in [3.63, 3.8) is 0 Å². The summed E-state index contributed by atoms with van der Waals surface area (Å²) >= 11 is 0. The molecule has 2 amide bonds. The first-order valence-electron chi connectivity index (χ1n) is 16.8. The second-order valence-electron chi connectivity index (χ2n) is 15.0. The summed E-state index contributed by atoms with van der Waals surface area (Å²) in [6, 6.07) is 6.68. The van der Waals surface area contributed by atoms with E-state index in [1.54, 1.807) is 12.0 Å². The third kappa shape index (κ3) is 8.84. The van der Waals surface area contributed by atoms with Crippen LogP contribution in [0.5, 0.6) is 11.5 Å². The fraction of sp³-hybridized carbons (Fsp3) is 0.600. The molecule has 1 aliphatic carbocycles. The summed E-state index contributed by atoms with van der Waals surface area (Å²) in [6.07, 6.45) is 4.81. The maximum absolute atomic E-state index is 14.1. The molecule has 2 aliphatic rings. The maximum Gasteiger partial charge on any atom is 0.410 e. The Balaban J connectivity index is 1.46. The van der Waals surface area contributed by atoms with Gasteiger partial charge in [0, 0.05) is 45.1 Å². The molecule has 3 aromatic rings. The second-order valence-corrected chi connectivity index (χ2v) is 20.6. The van der Waals surface area contributed by atoms with Gasteiger partial charge in [0.2, 0.25) is 0 Å². The van der Waals surface area contributed by atoms with Crippen LogP contribution in [0.15, 0.2) is 24.5 Å². The number of likely N-dealkylation sites (tertiary alicyclic amines) is 1. The number of hydrogen-bond acceptors (Lipinski definition) is 8. The van der Waals surface area contributed by atoms with E-state index in [9.17, 15) is 9.59 Å². The molecule has 0 atom stereocenters. The molecule has 5 rings (SSSR count). The molecule has 256 valence electrons. The van der Waals surface area contributed by atoms with Crippen LogP contribution < -0.4 is 14.8 Å². The van der Waals surface area contributed by atoms with E-state index < -0.39 is 13.7 Å². The van der Waals surface area contributed by atoms with Gasteiger partial charge in [0.05, 0.1) is 24.8 Å². The van der Waals surface area contributed by atoms with E-state index in [2.05, 4.69) is 29.9 Å². The number of nitrogens with one attached hydrogen (secondary N) is 1. The molecule has 0 bridgehead atoms. The Morgan fingerprint density at radius 2 is 1.79 bits per heavy atom. The van der Waals surface area contributed by atoms with Crippen LogP contribution in [0.1, 0.15) is 62.5 Å². The minimum absolute atomic E-state index is 0.0888. The molecule has 0 unspecified atom stereocenters. The van der Waals surface area contributed by atoms with Gasteiger partial charge in [-0.3, -0.25) is 4.79 Å². The number of nitrogens with zero attached hydrogens (tertiary/aromatic N) is 4. The lowest BCUT2D eigenvalue weighted by molar-refractivity contribution is 0.0199. The SMILES string of the molecule is COc1ccc(OCC2CC2)c(-c2ncnc3c(C(=O)NC4CCN(C(=O)OC(C)(C)C)CC4)c(C)n(COCC[Si](C)(C)C)c23)c1. The highest BCUT2D eigenvalue weighted by molar-refractivity contribution is 6.76. The third-order valence-corrected chi connectivity index (χ3v) is 10.3. The van der Waals surface area contributed by atoms with E-state index in [-0.39, 0.29) is 24.8 Å². The van der Waals surface area contributed by atoms with E-state index in [0.717, 1.165) is 17.3 Å². The van der Waals surface area contributed by atoms with Crippen LogP contribution in [-0.4, -0.2) is 84.6 Å². The summed E-state index contributed by atoms with van der Waals surface area (Å²) in [5.41, 5.74) is 3.40. The highest BCUT2D eigenvalue weighted by atomic mass is 28.3. The van der Waals surface area contributed by atoms with Crippen LogP contribution in [0, 0.1) is 12.8 Å². The fourth-order valence-electron chi connectivity index (χ4n) is 5.69. The lowest BCUT2D eigenvalue weighted by Crippen LogP contribution is -2.47. The van der Waals surface area contributed by atoms with E-state index in [1.165, 1.54) is 19.2 Å². The largest absolute Gasteiger partial charge is 0.497 e. The third-order valence-electron chi connectivity index (χ3n) is 8.63. The Hall–Kier alpha value is -3.64. The molecule has 12 heteroatoms. The van der Waals surface area contributed by atoms with Gasteiger partial charge in [-0.2, -0.15) is 0 Å². The van der Waals surface area contributed by atoms with Gasteiger partial charge in [0.1, 0.15) is 41.4 Å². The van der Waals surface area contributed by atoms with E-state index >= 15 is 0 Å². The first-order valence-corrected chi connectivity index (χ1v) is 20.5. The van der Waals surface area contributed by atoms with Crippen molar-refractivity contribution in [3.05, 3.63) is 35.8 Å². The van der Waals surface area contributed by atoms with Crippen LogP contribution in [0.25, 0.3) is 22.3 Å².